The molecule has 72 valence electrons. The Kier molecular flexibility index (Phi) is 2.14. The van der Waals surface area contributed by atoms with Crippen molar-refractivity contribution in [3.63, 3.8) is 0 Å². The van der Waals surface area contributed by atoms with E-state index < -0.39 is 5.82 Å². The molecule has 0 aliphatic carbocycles. The Morgan fingerprint density at radius 3 is 2.93 bits per heavy atom. The molecule has 2 aromatic rings. The lowest BCUT2D eigenvalue weighted by molar-refractivity contribution is 0.384. The highest BCUT2D eigenvalue weighted by Crippen LogP contribution is 2.16. The summed E-state index contributed by atoms with van der Waals surface area (Å²) in [6, 6.07) is 3.01. The number of rotatable bonds is 2. The highest BCUT2D eigenvalue weighted by Gasteiger charge is 2.05. The van der Waals surface area contributed by atoms with Crippen LogP contribution in [0.25, 0.3) is 5.82 Å². The lowest BCUT2D eigenvalue weighted by Gasteiger charge is -2.03. The highest BCUT2D eigenvalue weighted by atomic mass is 19.1. The van der Waals surface area contributed by atoms with E-state index in [0.717, 1.165) is 0 Å². The van der Waals surface area contributed by atoms with Crippen LogP contribution in [0.5, 0.6) is 5.75 Å². The molecular weight excluding hydrogens is 185 g/mol. The third kappa shape index (κ3) is 1.44. The van der Waals surface area contributed by atoms with E-state index in [9.17, 15) is 4.39 Å². The van der Waals surface area contributed by atoms with Crippen molar-refractivity contribution in [2.45, 2.75) is 0 Å². The van der Waals surface area contributed by atoms with Crippen LogP contribution in [0.15, 0.2) is 30.7 Å². The number of pyridine rings is 1. The predicted octanol–water partition coefficient (Wildman–Crippen LogP) is 1.41. The fourth-order valence-corrected chi connectivity index (χ4v) is 1.09. The summed E-state index contributed by atoms with van der Waals surface area (Å²) < 4.78 is 19.5. The zero-order valence-electron chi connectivity index (χ0n) is 7.51. The van der Waals surface area contributed by atoms with Crippen molar-refractivity contribution in [2.75, 3.05) is 7.11 Å². The second kappa shape index (κ2) is 3.45. The molecule has 14 heavy (non-hydrogen) atoms. The number of methoxy groups -OCH3 is 1. The summed E-state index contributed by atoms with van der Waals surface area (Å²) in [7, 11) is 1.40. The van der Waals surface area contributed by atoms with Crippen molar-refractivity contribution in [1.29, 1.82) is 0 Å². The van der Waals surface area contributed by atoms with Crippen LogP contribution in [0.1, 0.15) is 0 Å². The van der Waals surface area contributed by atoms with Crippen LogP contribution in [0.3, 0.4) is 0 Å². The summed E-state index contributed by atoms with van der Waals surface area (Å²) in [6.07, 6.45) is 4.62. The smallest absolute Gasteiger partial charge is 0.172 e. The lowest BCUT2D eigenvalue weighted by atomic mass is 10.4. The number of ether oxygens (including phenoxy) is 1. The van der Waals surface area contributed by atoms with Gasteiger partial charge in [0.2, 0.25) is 0 Å². The van der Waals surface area contributed by atoms with Gasteiger partial charge in [-0.15, -0.1) is 0 Å². The van der Waals surface area contributed by atoms with Crippen molar-refractivity contribution in [1.82, 2.24) is 14.8 Å². The van der Waals surface area contributed by atoms with E-state index in [0.29, 0.717) is 5.82 Å². The van der Waals surface area contributed by atoms with Gasteiger partial charge in [0.1, 0.15) is 0 Å². The first-order valence-corrected chi connectivity index (χ1v) is 4.01. The van der Waals surface area contributed by atoms with Crippen LogP contribution in [0.4, 0.5) is 4.39 Å². The maximum Gasteiger partial charge on any atom is 0.172 e. The summed E-state index contributed by atoms with van der Waals surface area (Å²) in [4.78, 5) is 3.99. The first-order valence-electron chi connectivity index (χ1n) is 4.01. The van der Waals surface area contributed by atoms with Crippen LogP contribution in [0, 0.1) is 5.82 Å². The number of halogens is 1. The minimum Gasteiger partial charge on any atom is -0.492 e. The van der Waals surface area contributed by atoms with Gasteiger partial charge in [-0.3, -0.25) is 0 Å². The van der Waals surface area contributed by atoms with Crippen LogP contribution < -0.4 is 4.74 Å². The molecule has 5 heteroatoms. The Balaban J connectivity index is 2.43. The topological polar surface area (TPSA) is 39.9 Å². The summed E-state index contributed by atoms with van der Waals surface area (Å²) >= 11 is 0. The van der Waals surface area contributed by atoms with Gasteiger partial charge in [0.25, 0.3) is 0 Å². The molecule has 0 aromatic carbocycles. The van der Waals surface area contributed by atoms with Crippen molar-refractivity contribution >= 4 is 0 Å². The molecule has 0 N–H and O–H groups in total. The zero-order valence-corrected chi connectivity index (χ0v) is 7.51. The molecule has 0 bridgehead atoms. The molecule has 0 fully saturated rings. The number of nitrogens with zero attached hydrogens (tertiary/aromatic N) is 3. The van der Waals surface area contributed by atoms with Gasteiger partial charge in [-0.2, -0.15) is 5.10 Å². The van der Waals surface area contributed by atoms with Gasteiger partial charge in [-0.05, 0) is 6.07 Å². The first-order chi connectivity index (χ1) is 6.81. The van der Waals surface area contributed by atoms with Crippen LogP contribution in [0.2, 0.25) is 0 Å². The number of aromatic nitrogens is 3. The SMILES string of the molecule is COc1cnc(-n2cccn2)cc1F. The molecule has 2 heterocycles. The summed E-state index contributed by atoms with van der Waals surface area (Å²) in [5, 5.41) is 3.93. The minimum absolute atomic E-state index is 0.126. The third-order valence-electron chi connectivity index (χ3n) is 1.76. The van der Waals surface area contributed by atoms with Crippen LogP contribution >= 0.6 is 0 Å². The summed E-state index contributed by atoms with van der Waals surface area (Å²) in [5.74, 6) is 0.0993. The molecule has 0 saturated carbocycles. The van der Waals surface area contributed by atoms with Gasteiger partial charge in [-0.25, -0.2) is 14.1 Å². The molecule has 2 rings (SSSR count). The molecule has 2 aromatic heterocycles. The van der Waals surface area contributed by atoms with E-state index in [1.807, 2.05) is 0 Å². The molecule has 0 aliphatic rings. The molecule has 0 spiro atoms. The fraction of sp³-hybridized carbons (Fsp3) is 0.111. The molecule has 0 atom stereocenters. The molecule has 0 unspecified atom stereocenters. The Bertz CT molecular complexity index is 428. The molecule has 4 nitrogen and oxygen atoms in total. The van der Waals surface area contributed by atoms with Gasteiger partial charge >= 0.3 is 0 Å². The molecular formula is C9H8FN3O. The quantitative estimate of drug-likeness (QED) is 0.724. The third-order valence-corrected chi connectivity index (χ3v) is 1.76. The maximum atomic E-state index is 13.2. The second-order valence-corrected chi connectivity index (χ2v) is 2.63. The van der Waals surface area contributed by atoms with Crippen molar-refractivity contribution in [3.05, 3.63) is 36.5 Å². The van der Waals surface area contributed by atoms with Gasteiger partial charge in [0.05, 0.1) is 13.3 Å². The number of hydrogen-bond donors (Lipinski definition) is 0. The Morgan fingerprint density at radius 1 is 1.50 bits per heavy atom. The van der Waals surface area contributed by atoms with E-state index in [1.54, 1.807) is 18.5 Å². The predicted molar refractivity (Wildman–Crippen MR) is 47.9 cm³/mol. The molecule has 0 aliphatic heterocycles. The monoisotopic (exact) mass is 193 g/mol. The Hall–Kier alpha value is -1.91. The summed E-state index contributed by atoms with van der Waals surface area (Å²) in [5.41, 5.74) is 0. The molecule has 0 saturated heterocycles. The highest BCUT2D eigenvalue weighted by molar-refractivity contribution is 5.29. The van der Waals surface area contributed by atoms with Gasteiger partial charge < -0.3 is 4.74 Å². The first kappa shape index (κ1) is 8.68. The average molecular weight is 193 g/mol. The van der Waals surface area contributed by atoms with Gasteiger partial charge in [0, 0.05) is 18.5 Å². The second-order valence-electron chi connectivity index (χ2n) is 2.63. The Morgan fingerprint density at radius 2 is 2.36 bits per heavy atom. The van der Waals surface area contributed by atoms with Gasteiger partial charge in [0.15, 0.2) is 17.4 Å². The van der Waals surface area contributed by atoms with Crippen molar-refractivity contribution in [3.8, 4) is 11.6 Å². The average Bonchev–Trinajstić information content (AvgIpc) is 2.70. The normalized spacial score (nSPS) is 10.1. The Labute approximate surface area is 80.0 Å². The van der Waals surface area contributed by atoms with Crippen LogP contribution in [-0.2, 0) is 0 Å². The van der Waals surface area contributed by atoms with Crippen LogP contribution in [-0.4, -0.2) is 21.9 Å². The summed E-state index contributed by atoms with van der Waals surface area (Å²) in [6.45, 7) is 0. The molecule has 0 radical (unpaired) electrons. The lowest BCUT2D eigenvalue weighted by Crippen LogP contribution is -1.99. The minimum atomic E-state index is -0.451. The zero-order chi connectivity index (χ0) is 9.97. The van der Waals surface area contributed by atoms with Gasteiger partial charge in [-0.1, -0.05) is 0 Å². The van der Waals surface area contributed by atoms with E-state index in [-0.39, 0.29) is 5.75 Å². The largest absolute Gasteiger partial charge is 0.492 e. The van der Waals surface area contributed by atoms with E-state index in [2.05, 4.69) is 10.1 Å². The van der Waals surface area contributed by atoms with E-state index in [1.165, 1.54) is 24.1 Å². The number of hydrogen-bond acceptors (Lipinski definition) is 3. The van der Waals surface area contributed by atoms with E-state index in [4.69, 9.17) is 4.74 Å². The van der Waals surface area contributed by atoms with Crippen molar-refractivity contribution < 1.29 is 9.13 Å². The molecule has 0 amide bonds. The van der Waals surface area contributed by atoms with Crippen molar-refractivity contribution in [2.24, 2.45) is 0 Å². The maximum absolute atomic E-state index is 13.2. The fourth-order valence-electron chi connectivity index (χ4n) is 1.09. The standard InChI is InChI=1S/C9H8FN3O/c1-14-8-6-11-9(5-7(8)10)13-4-2-3-12-13/h2-6H,1H3. The van der Waals surface area contributed by atoms with E-state index >= 15 is 0 Å².